The van der Waals surface area contributed by atoms with Crippen LogP contribution in [0.2, 0.25) is 21.1 Å². The zero-order valence-electron chi connectivity index (χ0n) is 57.6. The van der Waals surface area contributed by atoms with Crippen LogP contribution in [0.4, 0.5) is 0 Å². The van der Waals surface area contributed by atoms with Crippen molar-refractivity contribution in [1.29, 1.82) is 0 Å². The minimum absolute atomic E-state index is 0. The molecule has 91 heavy (non-hydrogen) atoms. The summed E-state index contributed by atoms with van der Waals surface area (Å²) in [4.78, 5) is 0. The molecule has 5 rings (SSSR count). The van der Waals surface area contributed by atoms with Crippen molar-refractivity contribution in [2.75, 3.05) is 0 Å². The Kier molecular flexibility index (Phi) is 155. The topological polar surface area (TPSA) is 0 Å². The second-order valence-corrected chi connectivity index (χ2v) is 27.9. The van der Waals surface area contributed by atoms with Crippen LogP contribution < -0.4 is 22.1 Å². The van der Waals surface area contributed by atoms with Gasteiger partial charge in [0.1, 0.15) is 0 Å². The van der Waals surface area contributed by atoms with Crippen LogP contribution in [0.15, 0.2) is 133 Å². The van der Waals surface area contributed by atoms with Gasteiger partial charge in [-0.25, -0.2) is 0 Å². The molecule has 0 aliphatic rings. The van der Waals surface area contributed by atoms with Gasteiger partial charge in [0.2, 0.25) is 0 Å². The van der Waals surface area contributed by atoms with E-state index in [1.807, 2.05) is 42.5 Å². The van der Waals surface area contributed by atoms with E-state index in [0.717, 1.165) is 15.2 Å². The number of benzene rings is 5. The summed E-state index contributed by atoms with van der Waals surface area (Å²) < 4.78 is 6.73. The number of hydrogen-bond acceptors (Lipinski definition) is 0. The van der Waals surface area contributed by atoms with Crippen molar-refractivity contribution < 1.29 is 0 Å². The van der Waals surface area contributed by atoms with Gasteiger partial charge in [0.05, 0.1) is 0 Å². The van der Waals surface area contributed by atoms with Gasteiger partial charge in [-0.3, -0.25) is 0 Å². The molecule has 0 aliphatic carbocycles. The first kappa shape index (κ1) is 129. The van der Waals surface area contributed by atoms with E-state index in [4.69, 9.17) is 0 Å². The summed E-state index contributed by atoms with van der Waals surface area (Å²) in [5.41, 5.74) is 4.07. The average Bonchev–Trinajstić information content (AvgIpc) is 3.31. The first-order valence-electron chi connectivity index (χ1n) is 32.2. The van der Waals surface area contributed by atoms with Crippen molar-refractivity contribution >= 4 is 338 Å². The summed E-state index contributed by atoms with van der Waals surface area (Å²) >= 11 is 14.7. The van der Waals surface area contributed by atoms with E-state index >= 15 is 0 Å². The van der Waals surface area contributed by atoms with E-state index in [0.29, 0.717) is 0 Å². The molecule has 0 heterocycles. The fourth-order valence-corrected chi connectivity index (χ4v) is 12.5. The number of rotatable bonds is 35. The molecular formula is C72H124Al8Br11+15. The number of halogens is 11. The molecule has 0 N–H and O–H groups in total. The van der Waals surface area contributed by atoms with Crippen molar-refractivity contribution in [3.05, 3.63) is 150 Å². The van der Waals surface area contributed by atoms with E-state index in [2.05, 4.69) is 221 Å². The van der Waals surface area contributed by atoms with Gasteiger partial charge >= 0.3 is 570 Å². The van der Waals surface area contributed by atoms with Crippen LogP contribution in [-0.2, 0) is 0 Å². The zero-order chi connectivity index (χ0) is 58.3. The van der Waals surface area contributed by atoms with Gasteiger partial charge in [-0.1, -0.05) is 0 Å². The van der Waals surface area contributed by atoms with Gasteiger partial charge < -0.3 is 0 Å². The molecule has 0 atom stereocenters. The van der Waals surface area contributed by atoms with Crippen molar-refractivity contribution in [2.24, 2.45) is 0 Å². The van der Waals surface area contributed by atoms with E-state index in [1.165, 1.54) is 248 Å². The Morgan fingerprint density at radius 3 is 0.769 bits per heavy atom. The first-order chi connectivity index (χ1) is 38.6. The van der Waals surface area contributed by atoms with E-state index in [9.17, 15) is 0 Å². The van der Waals surface area contributed by atoms with Crippen LogP contribution in [0.5, 0.6) is 0 Å². The Morgan fingerprint density at radius 1 is 0.275 bits per heavy atom. The summed E-state index contributed by atoms with van der Waals surface area (Å²) in [6, 6.07) is 46.0. The van der Waals surface area contributed by atoms with Crippen molar-refractivity contribution in [3.8, 4) is 0 Å². The van der Waals surface area contributed by atoms with E-state index in [-0.39, 0.29) is 219 Å². The SMILES string of the molecule is Br.Br.Br.Br.Br.Br.Br.Br.Br.Br.Br.CCCCCCCCCC[CH2][Al+2].CCCCCCCCC[CH2][Al+2].CCCCCCCC[CH2][Al+][CH2]CCCCCCCC.Cc1ccc[c]([Al+2])c1C.Cc1cccc[c]1[Al+2].[Al+2][c]1ccccc1.[Al+3].c1cc[c]([Al+][c]2ccccc2)cc1. The number of hydrogen-bond donors (Lipinski definition) is 0. The maximum atomic E-state index is 2.80. The van der Waals surface area contributed by atoms with Crippen LogP contribution in [0.25, 0.3) is 0 Å². The van der Waals surface area contributed by atoms with E-state index in [1.54, 1.807) is 10.6 Å². The Labute approximate surface area is 745 Å². The fourth-order valence-electron chi connectivity index (χ4n) is 8.47. The number of unbranched alkanes of at least 4 members (excludes halogenated alkanes) is 27. The van der Waals surface area contributed by atoms with Gasteiger partial charge in [0.25, 0.3) is 0 Å². The molecule has 0 nitrogen and oxygen atoms in total. The molecule has 0 fully saturated rings. The molecule has 0 unspecified atom stereocenters. The first-order valence-corrected chi connectivity index (χ1v) is 38.4. The molecule has 19 heteroatoms. The van der Waals surface area contributed by atoms with Crippen LogP contribution in [0.1, 0.15) is 243 Å². The summed E-state index contributed by atoms with van der Waals surface area (Å²) in [5.74, 6) is 0. The summed E-state index contributed by atoms with van der Waals surface area (Å²) in [6.07, 6.45) is 45.1. The zero-order valence-corrected chi connectivity index (χ0v) is 85.6. The average molecular weight is 2080 g/mol. The standard InChI is InChI=1S/C11H23.C10H21.2C9H19.C8H9.C7H7.3C6H5.8Al.11BrH/c1-3-5-7-9-11-10-8-6-4-2;1-3-5-7-9-10-8-6-4-2;2*1-3-5-7-9-8-6-4-2;1-7-5-3-4-6-8(7)2;1-7-5-3-2-4-6-7;3*1-2-4-6-5-3-1;;;;;;;;;;;;;;;;;;;/h1,3-11H2,2H3;1,3-10H2,2H3;2*1,3-9H2,2H3;3-5H,1-2H3;2-5H,1H3;3*1-5H;;;;;;;;;11*1H/q;;;;;;;;;2*+1;5*+2;+3;;;;;;;;;;;. The summed E-state index contributed by atoms with van der Waals surface area (Å²) in [6.45, 7) is 15.5. The van der Waals surface area contributed by atoms with Gasteiger partial charge in [-0.2, -0.15) is 0 Å². The third kappa shape index (κ3) is 99.9. The molecular weight excluding hydrogens is 1960 g/mol. The van der Waals surface area contributed by atoms with Crippen molar-refractivity contribution in [2.45, 2.75) is 269 Å². The van der Waals surface area contributed by atoms with Crippen LogP contribution in [0.3, 0.4) is 0 Å². The van der Waals surface area contributed by atoms with Gasteiger partial charge in [0.15, 0.2) is 0 Å². The van der Waals surface area contributed by atoms with Crippen LogP contribution in [0, 0.1) is 20.8 Å². The third-order valence-corrected chi connectivity index (χ3v) is 19.5. The van der Waals surface area contributed by atoms with E-state index < -0.39 is 0 Å². The molecule has 5 aromatic carbocycles. The summed E-state index contributed by atoms with van der Waals surface area (Å²) in [5, 5.41) is 5.72. The summed E-state index contributed by atoms with van der Waals surface area (Å²) in [7, 11) is 0. The Balaban J connectivity index is -0.0000000631. The molecule has 0 bridgehead atoms. The minimum atomic E-state index is 0. The molecule has 0 radical (unpaired) electrons. The molecule has 498 valence electrons. The van der Waals surface area contributed by atoms with Gasteiger partial charge in [-0.05, 0) is 0 Å². The maximum absolute atomic E-state index is 2.80. The molecule has 0 aliphatic heterocycles. The molecule has 0 saturated carbocycles. The molecule has 5 aromatic rings. The Morgan fingerprint density at radius 2 is 0.527 bits per heavy atom. The second-order valence-electron chi connectivity index (χ2n) is 21.5. The monoisotopic (exact) mass is 2070 g/mol. The number of aryl methyl sites for hydroxylation is 2. The quantitative estimate of drug-likeness (QED) is 0.0280. The van der Waals surface area contributed by atoms with Gasteiger partial charge in [0, 0.05) is 0 Å². The second kappa shape index (κ2) is 109. The molecule has 0 amide bonds. The molecule has 0 spiro atoms. The fraction of sp³-hybridized carbons (Fsp3) is 0.583. The Hall–Kier alpha value is 5.64. The predicted octanol–water partition coefficient (Wildman–Crippen LogP) is 24.5. The Bertz CT molecular complexity index is 1850. The van der Waals surface area contributed by atoms with Gasteiger partial charge in [-0.15, -0.1) is 187 Å². The third-order valence-electron chi connectivity index (χ3n) is 14.0. The molecule has 0 aromatic heterocycles. The van der Waals surface area contributed by atoms with Crippen molar-refractivity contribution in [3.63, 3.8) is 0 Å². The van der Waals surface area contributed by atoms with Crippen LogP contribution in [-0.4, -0.2) is 129 Å². The normalized spacial score (nSPS) is 8.67. The predicted molar refractivity (Wildman–Crippen MR) is 489 cm³/mol. The molecule has 0 saturated heterocycles. The van der Waals surface area contributed by atoms with Crippen LogP contribution >= 0.6 is 187 Å². The van der Waals surface area contributed by atoms with Crippen molar-refractivity contribution in [1.82, 2.24) is 0 Å².